The second-order valence-electron chi connectivity index (χ2n) is 4.00. The van der Waals surface area contributed by atoms with Crippen LogP contribution in [-0.4, -0.2) is 56.2 Å². The van der Waals surface area contributed by atoms with Crippen molar-refractivity contribution in [1.82, 2.24) is 15.2 Å². The Hall–Kier alpha value is -1.66. The summed E-state index contributed by atoms with van der Waals surface area (Å²) in [5, 5.41) is 2.79. The van der Waals surface area contributed by atoms with Gasteiger partial charge >= 0.3 is 0 Å². The molecule has 0 radical (unpaired) electrons. The second-order valence-corrected chi connectivity index (χ2v) is 4.00. The lowest BCUT2D eigenvalue weighted by molar-refractivity contribution is 0.0942. The predicted molar refractivity (Wildman–Crippen MR) is 70.4 cm³/mol. The van der Waals surface area contributed by atoms with E-state index in [1.165, 1.54) is 0 Å². The second kappa shape index (κ2) is 7.62. The van der Waals surface area contributed by atoms with Crippen LogP contribution in [0.15, 0.2) is 18.2 Å². The average molecular weight is 252 g/mol. The summed E-state index contributed by atoms with van der Waals surface area (Å²) in [5.41, 5.74) is 5.86. The molecule has 0 unspecified atom stereocenters. The first-order valence-electron chi connectivity index (χ1n) is 5.81. The number of nitrogens with zero attached hydrogens (tertiary/aromatic N) is 2. The fraction of sp³-hybridized carbons (Fsp3) is 0.500. The number of nitrogens with one attached hydrogen (secondary N) is 1. The summed E-state index contributed by atoms with van der Waals surface area (Å²) in [4.78, 5) is 17.8. The number of rotatable bonds is 7. The first-order chi connectivity index (χ1) is 8.63. The van der Waals surface area contributed by atoms with Crippen molar-refractivity contribution in [2.24, 2.45) is 0 Å². The topological polar surface area (TPSA) is 80.5 Å². The van der Waals surface area contributed by atoms with Gasteiger partial charge in [-0.25, -0.2) is 4.98 Å². The van der Waals surface area contributed by atoms with Gasteiger partial charge in [-0.15, -0.1) is 0 Å². The van der Waals surface area contributed by atoms with Gasteiger partial charge in [0.15, 0.2) is 0 Å². The van der Waals surface area contributed by atoms with Crippen molar-refractivity contribution >= 4 is 11.7 Å². The Morgan fingerprint density at radius 2 is 2.28 bits per heavy atom. The quantitative estimate of drug-likeness (QED) is 0.712. The molecule has 6 nitrogen and oxygen atoms in total. The minimum Gasteiger partial charge on any atom is -0.384 e. The van der Waals surface area contributed by atoms with E-state index in [1.807, 2.05) is 7.05 Å². The number of carbonyl (C=O) groups is 1. The van der Waals surface area contributed by atoms with Crippen LogP contribution in [0.25, 0.3) is 0 Å². The average Bonchev–Trinajstić information content (AvgIpc) is 2.36. The minimum atomic E-state index is -0.206. The van der Waals surface area contributed by atoms with E-state index < -0.39 is 0 Å². The molecule has 3 N–H and O–H groups in total. The van der Waals surface area contributed by atoms with Gasteiger partial charge < -0.3 is 20.7 Å². The number of aromatic nitrogens is 1. The molecule has 0 aliphatic carbocycles. The standard InChI is InChI=1S/C12H20N4O2/c1-16(8-9-18-2)7-6-14-12(17)10-4-3-5-11(13)15-10/h3-5H,6-9H2,1-2H3,(H2,13,15)(H,14,17). The monoisotopic (exact) mass is 252 g/mol. The summed E-state index contributed by atoms with van der Waals surface area (Å²) in [5.74, 6) is 0.141. The Morgan fingerprint density at radius 1 is 1.50 bits per heavy atom. The highest BCUT2D eigenvalue weighted by Crippen LogP contribution is 1.99. The number of ether oxygens (including phenoxy) is 1. The molecule has 18 heavy (non-hydrogen) atoms. The molecule has 0 saturated heterocycles. The molecule has 100 valence electrons. The van der Waals surface area contributed by atoms with Crippen LogP contribution in [-0.2, 0) is 4.74 Å². The molecule has 1 rings (SSSR count). The van der Waals surface area contributed by atoms with Gasteiger partial charge in [-0.05, 0) is 19.2 Å². The number of anilines is 1. The molecule has 0 aromatic carbocycles. The molecule has 0 atom stereocenters. The van der Waals surface area contributed by atoms with Crippen LogP contribution in [0.4, 0.5) is 5.82 Å². The summed E-state index contributed by atoms with van der Waals surface area (Å²) in [6.45, 7) is 2.84. The van der Waals surface area contributed by atoms with Crippen LogP contribution in [0.2, 0.25) is 0 Å². The maximum Gasteiger partial charge on any atom is 0.270 e. The van der Waals surface area contributed by atoms with Gasteiger partial charge in [0, 0.05) is 26.7 Å². The molecule has 0 aliphatic heterocycles. The minimum absolute atomic E-state index is 0.206. The largest absolute Gasteiger partial charge is 0.384 e. The Morgan fingerprint density at radius 3 is 2.94 bits per heavy atom. The van der Waals surface area contributed by atoms with E-state index in [0.29, 0.717) is 24.7 Å². The van der Waals surface area contributed by atoms with E-state index in [0.717, 1.165) is 13.1 Å². The first kappa shape index (κ1) is 14.4. The number of amides is 1. The maximum absolute atomic E-state index is 11.7. The molecule has 0 aliphatic rings. The third kappa shape index (κ3) is 5.11. The fourth-order valence-corrected chi connectivity index (χ4v) is 1.39. The van der Waals surface area contributed by atoms with Crippen molar-refractivity contribution < 1.29 is 9.53 Å². The van der Waals surface area contributed by atoms with Gasteiger partial charge in [0.25, 0.3) is 5.91 Å². The molecule has 1 amide bonds. The van der Waals surface area contributed by atoms with Crippen molar-refractivity contribution in [3.63, 3.8) is 0 Å². The van der Waals surface area contributed by atoms with Crippen molar-refractivity contribution in [1.29, 1.82) is 0 Å². The SMILES string of the molecule is COCCN(C)CCNC(=O)c1cccc(N)n1. The number of nitrogens with two attached hydrogens (primary N) is 1. The van der Waals surface area contributed by atoms with Crippen molar-refractivity contribution in [2.45, 2.75) is 0 Å². The lowest BCUT2D eigenvalue weighted by atomic mass is 10.3. The molecule has 0 bridgehead atoms. The number of hydrogen-bond acceptors (Lipinski definition) is 5. The highest BCUT2D eigenvalue weighted by molar-refractivity contribution is 5.92. The van der Waals surface area contributed by atoms with E-state index in [2.05, 4.69) is 15.2 Å². The predicted octanol–water partition coefficient (Wildman–Crippen LogP) is -0.0282. The Labute approximate surface area is 107 Å². The van der Waals surface area contributed by atoms with Crippen molar-refractivity contribution in [2.75, 3.05) is 46.1 Å². The van der Waals surface area contributed by atoms with Gasteiger partial charge in [0.1, 0.15) is 11.5 Å². The number of hydrogen-bond donors (Lipinski definition) is 2. The Balaban J connectivity index is 2.29. The first-order valence-corrected chi connectivity index (χ1v) is 5.81. The number of carbonyl (C=O) groups excluding carboxylic acids is 1. The molecule has 0 fully saturated rings. The summed E-state index contributed by atoms with van der Waals surface area (Å²) in [7, 11) is 3.64. The van der Waals surface area contributed by atoms with Gasteiger partial charge in [0.2, 0.25) is 0 Å². The fourth-order valence-electron chi connectivity index (χ4n) is 1.39. The lowest BCUT2D eigenvalue weighted by Crippen LogP contribution is -2.34. The highest BCUT2D eigenvalue weighted by Gasteiger charge is 2.06. The van der Waals surface area contributed by atoms with Crippen molar-refractivity contribution in [3.8, 4) is 0 Å². The third-order valence-corrected chi connectivity index (χ3v) is 2.46. The van der Waals surface area contributed by atoms with Crippen LogP contribution >= 0.6 is 0 Å². The van der Waals surface area contributed by atoms with Gasteiger partial charge in [-0.2, -0.15) is 0 Å². The van der Waals surface area contributed by atoms with Crippen LogP contribution in [0, 0.1) is 0 Å². The number of likely N-dealkylation sites (N-methyl/N-ethyl adjacent to an activating group) is 1. The normalized spacial score (nSPS) is 10.6. The number of pyridine rings is 1. The zero-order valence-corrected chi connectivity index (χ0v) is 10.8. The Kier molecular flexibility index (Phi) is 6.10. The molecule has 1 heterocycles. The summed E-state index contributed by atoms with van der Waals surface area (Å²) < 4.78 is 4.97. The molecule has 1 aromatic rings. The zero-order chi connectivity index (χ0) is 13.4. The third-order valence-electron chi connectivity index (χ3n) is 2.46. The smallest absolute Gasteiger partial charge is 0.270 e. The van der Waals surface area contributed by atoms with E-state index in [1.54, 1.807) is 25.3 Å². The van der Waals surface area contributed by atoms with Gasteiger partial charge in [-0.3, -0.25) is 4.79 Å². The highest BCUT2D eigenvalue weighted by atomic mass is 16.5. The molecule has 6 heteroatoms. The molecule has 0 saturated carbocycles. The summed E-state index contributed by atoms with van der Waals surface area (Å²) in [6, 6.07) is 5.00. The van der Waals surface area contributed by atoms with Crippen molar-refractivity contribution in [3.05, 3.63) is 23.9 Å². The number of nitrogen functional groups attached to an aromatic ring is 1. The van der Waals surface area contributed by atoms with Crippen LogP contribution < -0.4 is 11.1 Å². The summed E-state index contributed by atoms with van der Waals surface area (Å²) in [6.07, 6.45) is 0. The molecule has 1 aromatic heterocycles. The zero-order valence-electron chi connectivity index (χ0n) is 10.8. The van der Waals surface area contributed by atoms with E-state index in [4.69, 9.17) is 10.5 Å². The van der Waals surface area contributed by atoms with Crippen LogP contribution in [0.5, 0.6) is 0 Å². The Bertz CT molecular complexity index is 384. The van der Waals surface area contributed by atoms with Gasteiger partial charge in [-0.1, -0.05) is 6.07 Å². The van der Waals surface area contributed by atoms with E-state index in [-0.39, 0.29) is 5.91 Å². The van der Waals surface area contributed by atoms with Crippen LogP contribution in [0.3, 0.4) is 0 Å². The van der Waals surface area contributed by atoms with E-state index in [9.17, 15) is 4.79 Å². The van der Waals surface area contributed by atoms with Gasteiger partial charge in [0.05, 0.1) is 6.61 Å². The molecular formula is C12H20N4O2. The van der Waals surface area contributed by atoms with E-state index >= 15 is 0 Å². The number of methoxy groups -OCH3 is 1. The molecular weight excluding hydrogens is 232 g/mol. The summed E-state index contributed by atoms with van der Waals surface area (Å²) >= 11 is 0. The molecule has 0 spiro atoms. The van der Waals surface area contributed by atoms with Crippen LogP contribution in [0.1, 0.15) is 10.5 Å². The maximum atomic E-state index is 11.7. The lowest BCUT2D eigenvalue weighted by Gasteiger charge is -2.16.